The molecule has 2 atom stereocenters. The van der Waals surface area contributed by atoms with Gasteiger partial charge in [-0.2, -0.15) is 0 Å². The average molecular weight is 487 g/mol. The second kappa shape index (κ2) is 26.9. The lowest BCUT2D eigenvalue weighted by Crippen LogP contribution is -2.32. The number of aliphatic hydroxyl groups excluding tert-OH is 2. The van der Waals surface area contributed by atoms with Crippen LogP contribution in [0.4, 0.5) is 0 Å². The molecule has 0 aliphatic carbocycles. The smallest absolute Gasteiger partial charge is 0.305 e. The van der Waals surface area contributed by atoms with E-state index in [4.69, 9.17) is 4.74 Å². The van der Waals surface area contributed by atoms with E-state index in [1.165, 1.54) is 110 Å². The van der Waals surface area contributed by atoms with E-state index in [0.29, 0.717) is 25.9 Å². The van der Waals surface area contributed by atoms with Crippen molar-refractivity contribution in [3.05, 3.63) is 0 Å². The Morgan fingerprint density at radius 2 is 1.12 bits per heavy atom. The van der Waals surface area contributed by atoms with E-state index in [9.17, 15) is 15.0 Å². The molecule has 0 rings (SSSR count). The molecule has 0 unspecified atom stereocenters. The number of carbonyl (C=O) groups excluding carboxylic acids is 1. The predicted molar refractivity (Wildman–Crippen MR) is 142 cm³/mol. The molecule has 0 amide bonds. The van der Waals surface area contributed by atoms with Crippen molar-refractivity contribution in [1.82, 2.24) is 0 Å². The molecule has 34 heavy (non-hydrogen) atoms. The van der Waals surface area contributed by atoms with E-state index in [2.05, 4.69) is 11.7 Å². The molecule has 0 spiro atoms. The summed E-state index contributed by atoms with van der Waals surface area (Å²) in [5.41, 5.74) is 0. The lowest BCUT2D eigenvalue weighted by molar-refractivity contribution is -0.140. The number of carbonyl (C=O) groups is 1. The normalized spacial score (nSPS) is 13.2. The molecule has 0 aromatic heterocycles. The van der Waals surface area contributed by atoms with Gasteiger partial charge in [0.05, 0.1) is 19.8 Å². The molecule has 0 heterocycles. The first-order valence-corrected chi connectivity index (χ1v) is 14.6. The lowest BCUT2D eigenvalue weighted by Gasteiger charge is -2.21. The summed E-state index contributed by atoms with van der Waals surface area (Å²) in [5.74, 6) is -0.215. The van der Waals surface area contributed by atoms with Crippen molar-refractivity contribution in [1.29, 1.82) is 0 Å². The number of aliphatic hydroxyl groups is 2. The molecule has 0 saturated carbocycles. The van der Waals surface area contributed by atoms with Gasteiger partial charge in [0.25, 0.3) is 0 Å². The standard InChI is InChI=1S/C29H58O5/c1-3-4-5-6-7-8-9-10-11-12-13-14-15-16-17-18-19-20-23-27(31)28(26-30)34-25-22-21-24-29(32)33-2/h27-28,30-31H,3-26H2,1-2H3/t27-,28-/m0/s1. The van der Waals surface area contributed by atoms with Crippen LogP contribution in [0.25, 0.3) is 0 Å². The van der Waals surface area contributed by atoms with Gasteiger partial charge >= 0.3 is 5.97 Å². The first kappa shape index (κ1) is 33.4. The van der Waals surface area contributed by atoms with E-state index in [-0.39, 0.29) is 12.6 Å². The van der Waals surface area contributed by atoms with Gasteiger partial charge in [-0.3, -0.25) is 4.79 Å². The molecule has 0 aliphatic rings. The minimum Gasteiger partial charge on any atom is -0.469 e. The summed E-state index contributed by atoms with van der Waals surface area (Å²) in [7, 11) is 1.39. The highest BCUT2D eigenvalue weighted by Gasteiger charge is 2.18. The van der Waals surface area contributed by atoms with Crippen LogP contribution >= 0.6 is 0 Å². The highest BCUT2D eigenvalue weighted by Crippen LogP contribution is 2.16. The summed E-state index contributed by atoms with van der Waals surface area (Å²) in [6.45, 7) is 2.55. The van der Waals surface area contributed by atoms with E-state index in [0.717, 1.165) is 19.3 Å². The topological polar surface area (TPSA) is 76.0 Å². The van der Waals surface area contributed by atoms with Gasteiger partial charge in [0, 0.05) is 13.0 Å². The quantitative estimate of drug-likeness (QED) is 0.0928. The Morgan fingerprint density at radius 1 is 0.676 bits per heavy atom. The SMILES string of the molecule is CCCCCCCCCCCCCCCCCCCC[C@H](O)[C@H](CO)OCCCCC(=O)OC. The van der Waals surface area contributed by atoms with Crippen molar-refractivity contribution < 1.29 is 24.5 Å². The zero-order valence-electron chi connectivity index (χ0n) is 22.7. The van der Waals surface area contributed by atoms with Crippen molar-refractivity contribution in [3.8, 4) is 0 Å². The maximum Gasteiger partial charge on any atom is 0.305 e. The fraction of sp³-hybridized carbons (Fsp3) is 0.966. The number of hydrogen-bond donors (Lipinski definition) is 2. The molecule has 5 nitrogen and oxygen atoms in total. The zero-order valence-corrected chi connectivity index (χ0v) is 22.7. The van der Waals surface area contributed by atoms with Gasteiger partial charge in [0.2, 0.25) is 0 Å². The fourth-order valence-electron chi connectivity index (χ4n) is 4.43. The Morgan fingerprint density at radius 3 is 1.53 bits per heavy atom. The van der Waals surface area contributed by atoms with Gasteiger partial charge in [-0.05, 0) is 19.3 Å². The summed E-state index contributed by atoms with van der Waals surface area (Å²) < 4.78 is 10.2. The van der Waals surface area contributed by atoms with Gasteiger partial charge in [-0.1, -0.05) is 122 Å². The van der Waals surface area contributed by atoms with Crippen LogP contribution in [-0.2, 0) is 14.3 Å². The third kappa shape index (κ3) is 23.1. The third-order valence-electron chi connectivity index (χ3n) is 6.80. The van der Waals surface area contributed by atoms with Crippen molar-refractivity contribution in [2.24, 2.45) is 0 Å². The number of methoxy groups -OCH3 is 1. The Hall–Kier alpha value is -0.650. The Bertz CT molecular complexity index is 415. The van der Waals surface area contributed by atoms with Crippen LogP contribution in [-0.4, -0.2) is 48.7 Å². The second-order valence-electron chi connectivity index (χ2n) is 9.99. The number of rotatable bonds is 27. The van der Waals surface area contributed by atoms with Crippen LogP contribution < -0.4 is 0 Å². The summed E-state index contributed by atoms with van der Waals surface area (Å²) in [5, 5.41) is 19.7. The summed E-state index contributed by atoms with van der Waals surface area (Å²) in [6, 6.07) is 0. The van der Waals surface area contributed by atoms with Gasteiger partial charge in [-0.15, -0.1) is 0 Å². The largest absolute Gasteiger partial charge is 0.469 e. The minimum atomic E-state index is -0.619. The fourth-order valence-corrected chi connectivity index (χ4v) is 4.43. The minimum absolute atomic E-state index is 0.169. The van der Waals surface area contributed by atoms with E-state index in [1.807, 2.05) is 0 Å². The average Bonchev–Trinajstić information content (AvgIpc) is 2.85. The van der Waals surface area contributed by atoms with Gasteiger partial charge in [-0.25, -0.2) is 0 Å². The Labute approximate surface area is 211 Å². The maximum atomic E-state index is 11.1. The molecule has 5 heteroatoms. The monoisotopic (exact) mass is 486 g/mol. The molecule has 0 radical (unpaired) electrons. The van der Waals surface area contributed by atoms with E-state index in [1.54, 1.807) is 0 Å². The molecule has 0 aliphatic heterocycles. The first-order valence-electron chi connectivity index (χ1n) is 14.6. The van der Waals surface area contributed by atoms with Crippen molar-refractivity contribution >= 4 is 5.97 Å². The van der Waals surface area contributed by atoms with Gasteiger partial charge in [0.1, 0.15) is 6.10 Å². The number of ether oxygens (including phenoxy) is 2. The van der Waals surface area contributed by atoms with Crippen LogP contribution in [0.5, 0.6) is 0 Å². The number of hydrogen-bond acceptors (Lipinski definition) is 5. The molecule has 0 bridgehead atoms. The molecule has 0 aromatic carbocycles. The molecule has 0 fully saturated rings. The highest BCUT2D eigenvalue weighted by molar-refractivity contribution is 5.68. The van der Waals surface area contributed by atoms with Crippen LogP contribution in [0, 0.1) is 0 Å². The van der Waals surface area contributed by atoms with E-state index >= 15 is 0 Å². The maximum absolute atomic E-state index is 11.1. The van der Waals surface area contributed by atoms with Crippen molar-refractivity contribution in [3.63, 3.8) is 0 Å². The summed E-state index contributed by atoms with van der Waals surface area (Å²) in [6.07, 6.45) is 25.6. The zero-order chi connectivity index (χ0) is 25.1. The highest BCUT2D eigenvalue weighted by atomic mass is 16.5. The van der Waals surface area contributed by atoms with Gasteiger partial charge < -0.3 is 19.7 Å². The van der Waals surface area contributed by atoms with E-state index < -0.39 is 12.2 Å². The first-order chi connectivity index (χ1) is 16.7. The summed E-state index contributed by atoms with van der Waals surface area (Å²) in [4.78, 5) is 11.1. The molecule has 0 saturated heterocycles. The number of unbranched alkanes of at least 4 members (excludes halogenated alkanes) is 18. The van der Waals surface area contributed by atoms with Crippen molar-refractivity contribution in [2.75, 3.05) is 20.3 Å². The molecular formula is C29H58O5. The van der Waals surface area contributed by atoms with Gasteiger partial charge in [0.15, 0.2) is 0 Å². The third-order valence-corrected chi connectivity index (χ3v) is 6.80. The van der Waals surface area contributed by atoms with Crippen LogP contribution in [0.3, 0.4) is 0 Å². The second-order valence-corrected chi connectivity index (χ2v) is 9.99. The Balaban J connectivity index is 3.37. The summed E-state index contributed by atoms with van der Waals surface area (Å²) >= 11 is 0. The molecule has 204 valence electrons. The van der Waals surface area contributed by atoms with Crippen LogP contribution in [0.2, 0.25) is 0 Å². The lowest BCUT2D eigenvalue weighted by atomic mass is 10.0. The predicted octanol–water partition coefficient (Wildman–Crippen LogP) is 7.50. The van der Waals surface area contributed by atoms with Crippen LogP contribution in [0.15, 0.2) is 0 Å². The Kier molecular flexibility index (Phi) is 26.4. The molecule has 2 N–H and O–H groups in total. The number of esters is 1. The van der Waals surface area contributed by atoms with Crippen molar-refractivity contribution in [2.45, 2.75) is 160 Å². The van der Waals surface area contributed by atoms with Crippen LogP contribution in [0.1, 0.15) is 148 Å². The molecular weight excluding hydrogens is 428 g/mol. The molecule has 0 aromatic rings.